The summed E-state index contributed by atoms with van der Waals surface area (Å²) in [7, 11) is 0. The first-order chi connectivity index (χ1) is 14.1. The summed E-state index contributed by atoms with van der Waals surface area (Å²) in [5.41, 5.74) is 6.48. The van der Waals surface area contributed by atoms with Gasteiger partial charge in [0.25, 0.3) is 0 Å². The molecule has 2 aromatic carbocycles. The van der Waals surface area contributed by atoms with Crippen LogP contribution in [0.15, 0.2) is 42.5 Å². The zero-order valence-electron chi connectivity index (χ0n) is 17.4. The molecular formula is C26H31NO2. The monoisotopic (exact) mass is 389 g/mol. The fourth-order valence-corrected chi connectivity index (χ4v) is 6.51. The third-order valence-electron chi connectivity index (χ3n) is 7.95. The molecule has 3 aliphatic rings. The molecule has 3 unspecified atom stereocenters. The number of hydrogen-bond acceptors (Lipinski definition) is 2. The molecule has 2 aliphatic carbocycles. The van der Waals surface area contributed by atoms with Gasteiger partial charge in [-0.05, 0) is 98.7 Å². The van der Waals surface area contributed by atoms with Crippen LogP contribution in [0, 0.1) is 6.92 Å². The van der Waals surface area contributed by atoms with Gasteiger partial charge in [-0.15, -0.1) is 0 Å². The summed E-state index contributed by atoms with van der Waals surface area (Å²) < 4.78 is 0. The maximum absolute atomic E-state index is 11.2. The fraction of sp³-hybridized carbons (Fsp3) is 0.500. The van der Waals surface area contributed by atoms with Crippen LogP contribution < -0.4 is 0 Å². The molecule has 0 aromatic heterocycles. The molecule has 0 bridgehead atoms. The highest BCUT2D eigenvalue weighted by Gasteiger charge is 2.44. The predicted molar refractivity (Wildman–Crippen MR) is 116 cm³/mol. The minimum absolute atomic E-state index is 0.381. The van der Waals surface area contributed by atoms with E-state index in [1.807, 2.05) is 6.07 Å². The van der Waals surface area contributed by atoms with Crippen molar-refractivity contribution in [2.24, 2.45) is 0 Å². The van der Waals surface area contributed by atoms with E-state index in [1.54, 1.807) is 17.2 Å². The van der Waals surface area contributed by atoms with Crippen LogP contribution in [0.3, 0.4) is 0 Å². The van der Waals surface area contributed by atoms with Gasteiger partial charge in [0.15, 0.2) is 0 Å². The fourth-order valence-electron chi connectivity index (χ4n) is 6.51. The Morgan fingerprint density at radius 1 is 1.14 bits per heavy atom. The first-order valence-corrected chi connectivity index (χ1v) is 11.2. The van der Waals surface area contributed by atoms with Gasteiger partial charge in [0, 0.05) is 18.0 Å². The molecule has 3 atom stereocenters. The van der Waals surface area contributed by atoms with E-state index in [0.29, 0.717) is 22.9 Å². The first-order valence-electron chi connectivity index (χ1n) is 11.2. The molecule has 1 N–H and O–H groups in total. The highest BCUT2D eigenvalue weighted by molar-refractivity contribution is 5.87. The van der Waals surface area contributed by atoms with Crippen LogP contribution in [-0.2, 0) is 11.8 Å². The van der Waals surface area contributed by atoms with Crippen molar-refractivity contribution < 1.29 is 9.90 Å². The molecule has 1 saturated heterocycles. The molecule has 0 amide bonds. The molecule has 1 heterocycles. The van der Waals surface area contributed by atoms with E-state index in [2.05, 4.69) is 42.2 Å². The topological polar surface area (TPSA) is 40.5 Å². The first kappa shape index (κ1) is 18.9. The van der Waals surface area contributed by atoms with Gasteiger partial charge in [-0.3, -0.25) is 4.90 Å². The van der Waals surface area contributed by atoms with Crippen molar-refractivity contribution in [1.82, 2.24) is 4.90 Å². The van der Waals surface area contributed by atoms with Crippen LogP contribution in [0.4, 0.5) is 0 Å². The SMILES string of the molecule is Cc1cc(C(=O)O)ccc1C1CCC(N2CCCC3(CCc4ccccc43)C2)C1. The normalized spacial score (nSPS) is 29.3. The predicted octanol–water partition coefficient (Wildman–Crippen LogP) is 5.31. The number of rotatable bonds is 3. The van der Waals surface area contributed by atoms with Gasteiger partial charge in [0.2, 0.25) is 0 Å². The van der Waals surface area contributed by atoms with Crippen LogP contribution in [-0.4, -0.2) is 35.1 Å². The van der Waals surface area contributed by atoms with Crippen molar-refractivity contribution >= 4 is 5.97 Å². The number of carboxylic acids is 1. The molecule has 5 rings (SSSR count). The maximum atomic E-state index is 11.2. The average Bonchev–Trinajstić information content (AvgIpc) is 3.35. The quantitative estimate of drug-likeness (QED) is 0.773. The van der Waals surface area contributed by atoms with E-state index < -0.39 is 5.97 Å². The average molecular weight is 390 g/mol. The largest absolute Gasteiger partial charge is 0.478 e. The van der Waals surface area contributed by atoms with Crippen LogP contribution in [0.25, 0.3) is 0 Å². The van der Waals surface area contributed by atoms with Crippen molar-refractivity contribution in [3.05, 3.63) is 70.3 Å². The van der Waals surface area contributed by atoms with Crippen LogP contribution in [0.2, 0.25) is 0 Å². The van der Waals surface area contributed by atoms with Gasteiger partial charge in [0.05, 0.1) is 5.56 Å². The number of nitrogens with zero attached hydrogens (tertiary/aromatic N) is 1. The number of aryl methyl sites for hydroxylation is 2. The van der Waals surface area contributed by atoms with Gasteiger partial charge in [0.1, 0.15) is 0 Å². The summed E-state index contributed by atoms with van der Waals surface area (Å²) in [5.74, 6) is -0.268. The van der Waals surface area contributed by atoms with Gasteiger partial charge >= 0.3 is 5.97 Å². The summed E-state index contributed by atoms with van der Waals surface area (Å²) in [4.78, 5) is 14.0. The molecule has 2 fully saturated rings. The van der Waals surface area contributed by atoms with Crippen molar-refractivity contribution in [2.75, 3.05) is 13.1 Å². The summed E-state index contributed by atoms with van der Waals surface area (Å²) in [6, 6.07) is 15.5. The van der Waals surface area contributed by atoms with E-state index >= 15 is 0 Å². The van der Waals surface area contributed by atoms with Gasteiger partial charge < -0.3 is 5.11 Å². The summed E-state index contributed by atoms with van der Waals surface area (Å²) in [6.45, 7) is 4.52. The minimum Gasteiger partial charge on any atom is -0.478 e. The Kier molecular flexibility index (Phi) is 4.74. The standard InChI is InChI=1S/C26H31NO2/c1-18-15-21(25(28)29)8-10-23(18)20-7-9-22(16-20)27-14-4-12-26(17-27)13-11-19-5-2-3-6-24(19)26/h2-3,5-6,8,10,15,20,22H,4,7,9,11-14,16-17H2,1H3,(H,28,29). The van der Waals surface area contributed by atoms with Crippen LogP contribution >= 0.6 is 0 Å². The molecule has 3 nitrogen and oxygen atoms in total. The zero-order valence-corrected chi connectivity index (χ0v) is 17.4. The highest BCUT2D eigenvalue weighted by Crippen LogP contribution is 2.47. The lowest BCUT2D eigenvalue weighted by Gasteiger charge is -2.44. The van der Waals surface area contributed by atoms with E-state index in [9.17, 15) is 9.90 Å². The number of hydrogen-bond donors (Lipinski definition) is 1. The van der Waals surface area contributed by atoms with E-state index in [4.69, 9.17) is 0 Å². The van der Waals surface area contributed by atoms with E-state index in [0.717, 1.165) is 5.56 Å². The second-order valence-corrected chi connectivity index (χ2v) is 9.55. The Morgan fingerprint density at radius 3 is 2.83 bits per heavy atom. The molecular weight excluding hydrogens is 358 g/mol. The number of aromatic carboxylic acids is 1. The maximum Gasteiger partial charge on any atom is 0.335 e. The second kappa shape index (κ2) is 7.28. The van der Waals surface area contributed by atoms with Gasteiger partial charge in [-0.2, -0.15) is 0 Å². The summed E-state index contributed by atoms with van der Waals surface area (Å²) in [5, 5.41) is 9.24. The van der Waals surface area contributed by atoms with Crippen LogP contribution in [0.1, 0.15) is 77.1 Å². The van der Waals surface area contributed by atoms with Crippen molar-refractivity contribution in [3.8, 4) is 0 Å². The smallest absolute Gasteiger partial charge is 0.335 e. The number of piperidine rings is 1. The number of carbonyl (C=O) groups is 1. The molecule has 1 aliphatic heterocycles. The lowest BCUT2D eigenvalue weighted by Crippen LogP contribution is -2.48. The highest BCUT2D eigenvalue weighted by atomic mass is 16.4. The third kappa shape index (κ3) is 3.30. The minimum atomic E-state index is -0.834. The van der Waals surface area contributed by atoms with E-state index in [1.165, 1.54) is 63.6 Å². The Balaban J connectivity index is 1.31. The van der Waals surface area contributed by atoms with Crippen molar-refractivity contribution in [1.29, 1.82) is 0 Å². The molecule has 1 saturated carbocycles. The lowest BCUT2D eigenvalue weighted by atomic mass is 9.74. The Morgan fingerprint density at radius 2 is 2.00 bits per heavy atom. The second-order valence-electron chi connectivity index (χ2n) is 9.55. The number of likely N-dealkylation sites (tertiary alicyclic amines) is 1. The number of fused-ring (bicyclic) bond motifs is 2. The molecule has 29 heavy (non-hydrogen) atoms. The number of carboxylic acid groups (broad SMARTS) is 1. The molecule has 1 spiro atoms. The Hall–Kier alpha value is -2.13. The van der Waals surface area contributed by atoms with Crippen molar-refractivity contribution in [3.63, 3.8) is 0 Å². The summed E-state index contributed by atoms with van der Waals surface area (Å²) in [6.07, 6.45) is 8.90. The number of benzene rings is 2. The summed E-state index contributed by atoms with van der Waals surface area (Å²) >= 11 is 0. The molecule has 3 heteroatoms. The van der Waals surface area contributed by atoms with Crippen LogP contribution in [0.5, 0.6) is 0 Å². The van der Waals surface area contributed by atoms with Gasteiger partial charge in [-0.1, -0.05) is 30.3 Å². The Labute approximate surface area is 173 Å². The third-order valence-corrected chi connectivity index (χ3v) is 7.95. The Bertz CT molecular complexity index is 932. The zero-order chi connectivity index (χ0) is 20.0. The molecule has 0 radical (unpaired) electrons. The molecule has 2 aromatic rings. The van der Waals surface area contributed by atoms with E-state index in [-0.39, 0.29) is 0 Å². The lowest BCUT2D eigenvalue weighted by molar-refractivity contribution is 0.0696. The van der Waals surface area contributed by atoms with Crippen molar-refractivity contribution in [2.45, 2.75) is 69.2 Å². The van der Waals surface area contributed by atoms with Gasteiger partial charge in [-0.25, -0.2) is 4.79 Å². The molecule has 152 valence electrons.